The molecule has 1 aromatic carbocycles. The predicted octanol–water partition coefficient (Wildman–Crippen LogP) is 3.43. The summed E-state index contributed by atoms with van der Waals surface area (Å²) < 4.78 is 15.4. The molecule has 3 heterocycles. The molecule has 1 N–H and O–H groups in total. The molecular formula is C19H21FN4O. The topological polar surface area (TPSA) is 53.9 Å². The highest BCUT2D eigenvalue weighted by Gasteiger charge is 2.31. The Morgan fingerprint density at radius 2 is 2.16 bits per heavy atom. The molecule has 1 amide bonds. The van der Waals surface area contributed by atoms with Crippen molar-refractivity contribution in [3.63, 3.8) is 0 Å². The summed E-state index contributed by atoms with van der Waals surface area (Å²) >= 11 is 0. The molecule has 5 nitrogen and oxygen atoms in total. The van der Waals surface area contributed by atoms with Gasteiger partial charge in [0.2, 0.25) is 0 Å². The zero-order chi connectivity index (χ0) is 17.6. The standard InChI is InChI=1S/C19H21FN4O/c1-12-8-13(2)24(22-12)11-16-4-3-7-23(16)19(25)18-10-14-9-15(20)5-6-17(14)21-18/h5-6,8-10,16,21H,3-4,7,11H2,1-2H3. The summed E-state index contributed by atoms with van der Waals surface area (Å²) in [5.74, 6) is -0.324. The van der Waals surface area contributed by atoms with Gasteiger partial charge in [-0.05, 0) is 57.0 Å². The average molecular weight is 340 g/mol. The van der Waals surface area contributed by atoms with Crippen molar-refractivity contribution in [2.75, 3.05) is 6.54 Å². The van der Waals surface area contributed by atoms with E-state index in [2.05, 4.69) is 10.1 Å². The summed E-state index contributed by atoms with van der Waals surface area (Å²) in [4.78, 5) is 18.0. The molecule has 1 unspecified atom stereocenters. The number of halogens is 1. The first-order valence-electron chi connectivity index (χ1n) is 8.61. The van der Waals surface area contributed by atoms with Crippen molar-refractivity contribution in [2.45, 2.75) is 39.3 Å². The Morgan fingerprint density at radius 3 is 2.92 bits per heavy atom. The van der Waals surface area contributed by atoms with E-state index in [0.29, 0.717) is 12.2 Å². The second-order valence-electron chi connectivity index (χ2n) is 6.82. The molecule has 2 aromatic heterocycles. The molecule has 0 bridgehead atoms. The minimum Gasteiger partial charge on any atom is -0.351 e. The number of H-pyrrole nitrogens is 1. The molecule has 1 aliphatic heterocycles. The van der Waals surface area contributed by atoms with Crippen LogP contribution < -0.4 is 0 Å². The van der Waals surface area contributed by atoms with Crippen LogP contribution in [0.2, 0.25) is 0 Å². The SMILES string of the molecule is Cc1cc(C)n(CC2CCCN2C(=O)c2cc3cc(F)ccc3[nH]2)n1. The van der Waals surface area contributed by atoms with Gasteiger partial charge in [0, 0.05) is 23.1 Å². The smallest absolute Gasteiger partial charge is 0.270 e. The Morgan fingerprint density at radius 1 is 1.32 bits per heavy atom. The number of amides is 1. The molecule has 25 heavy (non-hydrogen) atoms. The van der Waals surface area contributed by atoms with Crippen molar-refractivity contribution in [1.29, 1.82) is 0 Å². The maximum absolute atomic E-state index is 13.4. The summed E-state index contributed by atoms with van der Waals surface area (Å²) in [5.41, 5.74) is 3.39. The van der Waals surface area contributed by atoms with Gasteiger partial charge < -0.3 is 9.88 Å². The largest absolute Gasteiger partial charge is 0.351 e. The van der Waals surface area contributed by atoms with Crippen LogP contribution in [0, 0.1) is 19.7 Å². The van der Waals surface area contributed by atoms with Crippen LogP contribution in [-0.2, 0) is 6.54 Å². The summed E-state index contributed by atoms with van der Waals surface area (Å²) in [6.45, 7) is 5.46. The molecule has 3 aromatic rings. The quantitative estimate of drug-likeness (QED) is 0.794. The van der Waals surface area contributed by atoms with Crippen molar-refractivity contribution >= 4 is 16.8 Å². The number of aromatic amines is 1. The lowest BCUT2D eigenvalue weighted by molar-refractivity contribution is 0.0716. The Hall–Kier alpha value is -2.63. The fourth-order valence-electron chi connectivity index (χ4n) is 3.73. The number of likely N-dealkylation sites (tertiary alicyclic amines) is 1. The van der Waals surface area contributed by atoms with Crippen LogP contribution in [0.25, 0.3) is 10.9 Å². The van der Waals surface area contributed by atoms with Gasteiger partial charge in [0.15, 0.2) is 0 Å². The van der Waals surface area contributed by atoms with E-state index in [4.69, 9.17) is 0 Å². The number of rotatable bonds is 3. The molecule has 6 heteroatoms. The maximum atomic E-state index is 13.4. The molecule has 1 saturated heterocycles. The fourth-order valence-corrected chi connectivity index (χ4v) is 3.73. The number of carbonyl (C=O) groups is 1. The molecule has 0 saturated carbocycles. The lowest BCUT2D eigenvalue weighted by atomic mass is 10.2. The molecular weight excluding hydrogens is 319 g/mol. The highest BCUT2D eigenvalue weighted by atomic mass is 19.1. The van der Waals surface area contributed by atoms with Crippen LogP contribution in [0.3, 0.4) is 0 Å². The number of nitrogens with one attached hydrogen (secondary N) is 1. The Kier molecular flexibility index (Phi) is 3.82. The number of carbonyl (C=O) groups excluding carboxylic acids is 1. The van der Waals surface area contributed by atoms with Crippen molar-refractivity contribution in [3.05, 3.63) is 53.2 Å². The first-order chi connectivity index (χ1) is 12.0. The van der Waals surface area contributed by atoms with E-state index in [1.807, 2.05) is 29.5 Å². The lowest BCUT2D eigenvalue weighted by Crippen LogP contribution is -2.38. The van der Waals surface area contributed by atoms with Crippen molar-refractivity contribution in [3.8, 4) is 0 Å². The van der Waals surface area contributed by atoms with Crippen molar-refractivity contribution < 1.29 is 9.18 Å². The van der Waals surface area contributed by atoms with Gasteiger partial charge in [-0.2, -0.15) is 5.10 Å². The van der Waals surface area contributed by atoms with E-state index in [1.165, 1.54) is 12.1 Å². The second-order valence-corrected chi connectivity index (χ2v) is 6.82. The monoisotopic (exact) mass is 340 g/mol. The number of aryl methyl sites for hydroxylation is 2. The number of aromatic nitrogens is 3. The third-order valence-electron chi connectivity index (χ3n) is 4.94. The van der Waals surface area contributed by atoms with Gasteiger partial charge in [-0.25, -0.2) is 4.39 Å². The van der Waals surface area contributed by atoms with E-state index in [1.54, 1.807) is 12.1 Å². The van der Waals surface area contributed by atoms with Gasteiger partial charge in [-0.1, -0.05) is 0 Å². The van der Waals surface area contributed by atoms with Gasteiger partial charge in [-0.3, -0.25) is 9.48 Å². The number of fused-ring (bicyclic) bond motifs is 1. The molecule has 0 aliphatic carbocycles. The van der Waals surface area contributed by atoms with Crippen LogP contribution >= 0.6 is 0 Å². The van der Waals surface area contributed by atoms with Gasteiger partial charge >= 0.3 is 0 Å². The average Bonchev–Trinajstić information content (AvgIpc) is 3.26. The molecule has 4 rings (SSSR count). The molecule has 1 aliphatic rings. The predicted molar refractivity (Wildman–Crippen MR) is 94.0 cm³/mol. The van der Waals surface area contributed by atoms with E-state index >= 15 is 0 Å². The first-order valence-corrected chi connectivity index (χ1v) is 8.61. The number of hydrogen-bond acceptors (Lipinski definition) is 2. The minimum absolute atomic E-state index is 0.0272. The highest BCUT2D eigenvalue weighted by molar-refractivity contribution is 5.98. The van der Waals surface area contributed by atoms with Crippen LogP contribution in [0.4, 0.5) is 4.39 Å². The normalized spacial score (nSPS) is 17.6. The molecule has 0 radical (unpaired) electrons. The summed E-state index contributed by atoms with van der Waals surface area (Å²) in [5, 5.41) is 5.23. The fraction of sp³-hybridized carbons (Fsp3) is 0.368. The van der Waals surface area contributed by atoms with Crippen LogP contribution in [0.1, 0.15) is 34.7 Å². The van der Waals surface area contributed by atoms with E-state index in [9.17, 15) is 9.18 Å². The first kappa shape index (κ1) is 15.9. The van der Waals surface area contributed by atoms with Gasteiger partial charge in [0.25, 0.3) is 5.91 Å². The lowest BCUT2D eigenvalue weighted by Gasteiger charge is -2.24. The molecule has 0 spiro atoms. The summed E-state index contributed by atoms with van der Waals surface area (Å²) in [7, 11) is 0. The Balaban J connectivity index is 1.58. The zero-order valence-corrected chi connectivity index (χ0v) is 14.4. The third kappa shape index (κ3) is 2.92. The van der Waals surface area contributed by atoms with E-state index < -0.39 is 0 Å². The molecule has 1 atom stereocenters. The van der Waals surface area contributed by atoms with Crippen molar-refractivity contribution in [1.82, 2.24) is 19.7 Å². The van der Waals surface area contributed by atoms with Gasteiger partial charge in [0.05, 0.1) is 18.3 Å². The maximum Gasteiger partial charge on any atom is 0.270 e. The zero-order valence-electron chi connectivity index (χ0n) is 14.4. The van der Waals surface area contributed by atoms with E-state index in [-0.39, 0.29) is 17.8 Å². The van der Waals surface area contributed by atoms with Crippen LogP contribution in [-0.4, -0.2) is 38.2 Å². The van der Waals surface area contributed by atoms with E-state index in [0.717, 1.165) is 41.7 Å². The third-order valence-corrected chi connectivity index (χ3v) is 4.94. The minimum atomic E-state index is -0.297. The molecule has 130 valence electrons. The number of benzene rings is 1. The summed E-state index contributed by atoms with van der Waals surface area (Å²) in [6.07, 6.45) is 1.96. The second kappa shape index (κ2) is 6.02. The number of nitrogens with zero attached hydrogens (tertiary/aromatic N) is 3. The highest BCUT2D eigenvalue weighted by Crippen LogP contribution is 2.24. The van der Waals surface area contributed by atoms with Gasteiger partial charge in [-0.15, -0.1) is 0 Å². The Bertz CT molecular complexity index is 942. The Labute approximate surface area is 145 Å². The van der Waals surface area contributed by atoms with Crippen LogP contribution in [0.5, 0.6) is 0 Å². The van der Waals surface area contributed by atoms with Gasteiger partial charge in [0.1, 0.15) is 11.5 Å². The van der Waals surface area contributed by atoms with Crippen molar-refractivity contribution in [2.24, 2.45) is 0 Å². The summed E-state index contributed by atoms with van der Waals surface area (Å²) in [6, 6.07) is 8.42. The van der Waals surface area contributed by atoms with Crippen LogP contribution in [0.15, 0.2) is 30.3 Å². The molecule has 1 fully saturated rings. The number of hydrogen-bond donors (Lipinski definition) is 1.